The van der Waals surface area contributed by atoms with E-state index >= 15 is 0 Å². The summed E-state index contributed by atoms with van der Waals surface area (Å²) in [5.41, 5.74) is 4.63. The summed E-state index contributed by atoms with van der Waals surface area (Å²) in [6, 6.07) is 17.5. The number of allylic oxidation sites excluding steroid dienone is 3. The summed E-state index contributed by atoms with van der Waals surface area (Å²) in [7, 11) is 0. The number of nitrogens with one attached hydrogen (secondary N) is 1. The van der Waals surface area contributed by atoms with E-state index in [-0.39, 0.29) is 5.91 Å². The standard InChI is InChI=1S/C21H21NOS/c1-5-16(3)17(4)20(18-9-7-6-8-10-18)24-22-21(23)19-13-11-15(2)12-14-19/h5-14H,1,3H2,2,4H3,(H,22,23)/b20-17-. The van der Waals surface area contributed by atoms with Crippen LogP contribution in [0.1, 0.15) is 28.4 Å². The molecule has 0 bridgehead atoms. The number of carbonyl (C=O) groups is 1. The van der Waals surface area contributed by atoms with Gasteiger partial charge in [-0.3, -0.25) is 9.52 Å². The first-order valence-corrected chi connectivity index (χ1v) is 8.46. The molecule has 0 spiro atoms. The van der Waals surface area contributed by atoms with E-state index in [1.807, 2.05) is 68.4 Å². The second-order valence-corrected chi connectivity index (χ2v) is 6.27. The molecule has 0 fully saturated rings. The SMILES string of the molecule is C=CC(=C)/C(C)=C(\SNC(=O)c1ccc(C)cc1)c1ccccc1. The van der Waals surface area contributed by atoms with Crippen LogP contribution in [-0.2, 0) is 0 Å². The first kappa shape index (κ1) is 17.8. The molecule has 0 aliphatic carbocycles. The van der Waals surface area contributed by atoms with Crippen molar-refractivity contribution in [2.75, 3.05) is 0 Å². The fraction of sp³-hybridized carbons (Fsp3) is 0.0952. The molecule has 0 heterocycles. The molecule has 2 aromatic rings. The number of carbonyl (C=O) groups excluding carboxylic acids is 1. The van der Waals surface area contributed by atoms with Crippen molar-refractivity contribution in [3.8, 4) is 0 Å². The molecule has 0 radical (unpaired) electrons. The first-order valence-electron chi connectivity index (χ1n) is 7.64. The van der Waals surface area contributed by atoms with E-state index in [0.29, 0.717) is 5.56 Å². The Morgan fingerprint density at radius 3 is 2.25 bits per heavy atom. The fourth-order valence-electron chi connectivity index (χ4n) is 2.10. The zero-order chi connectivity index (χ0) is 17.5. The van der Waals surface area contributed by atoms with Crippen molar-refractivity contribution in [3.05, 3.63) is 102 Å². The first-order chi connectivity index (χ1) is 11.5. The van der Waals surface area contributed by atoms with E-state index in [0.717, 1.165) is 27.2 Å². The minimum Gasteiger partial charge on any atom is -0.292 e. The fourth-order valence-corrected chi connectivity index (χ4v) is 2.95. The van der Waals surface area contributed by atoms with Crippen LogP contribution < -0.4 is 4.72 Å². The van der Waals surface area contributed by atoms with Crippen molar-refractivity contribution in [3.63, 3.8) is 0 Å². The van der Waals surface area contributed by atoms with Gasteiger partial charge in [0, 0.05) is 10.5 Å². The Hall–Kier alpha value is -2.52. The summed E-state index contributed by atoms with van der Waals surface area (Å²) in [4.78, 5) is 13.3. The van der Waals surface area contributed by atoms with Crippen molar-refractivity contribution >= 4 is 22.8 Å². The van der Waals surface area contributed by atoms with Crippen molar-refractivity contribution in [2.45, 2.75) is 13.8 Å². The molecule has 1 amide bonds. The van der Waals surface area contributed by atoms with E-state index in [1.165, 1.54) is 11.9 Å². The maximum absolute atomic E-state index is 12.4. The maximum atomic E-state index is 12.4. The second-order valence-electron chi connectivity index (χ2n) is 5.45. The average Bonchev–Trinajstić information content (AvgIpc) is 2.62. The van der Waals surface area contributed by atoms with E-state index < -0.39 is 0 Å². The zero-order valence-electron chi connectivity index (χ0n) is 14.0. The molecule has 24 heavy (non-hydrogen) atoms. The van der Waals surface area contributed by atoms with Gasteiger partial charge < -0.3 is 0 Å². The van der Waals surface area contributed by atoms with Crippen LogP contribution in [0.15, 0.2) is 85.0 Å². The molecular formula is C21H21NOS. The lowest BCUT2D eigenvalue weighted by Crippen LogP contribution is -2.16. The topological polar surface area (TPSA) is 29.1 Å². The van der Waals surface area contributed by atoms with Gasteiger partial charge in [0.2, 0.25) is 0 Å². The van der Waals surface area contributed by atoms with Gasteiger partial charge in [0.1, 0.15) is 0 Å². The Labute approximate surface area is 148 Å². The Balaban J connectivity index is 2.23. The molecule has 3 heteroatoms. The largest absolute Gasteiger partial charge is 0.292 e. The summed E-state index contributed by atoms with van der Waals surface area (Å²) in [5.74, 6) is -0.120. The minimum absolute atomic E-state index is 0.120. The van der Waals surface area contributed by atoms with E-state index in [2.05, 4.69) is 17.9 Å². The zero-order valence-corrected chi connectivity index (χ0v) is 14.8. The van der Waals surface area contributed by atoms with E-state index in [4.69, 9.17) is 0 Å². The van der Waals surface area contributed by atoms with Crippen LogP contribution in [0, 0.1) is 6.92 Å². The number of hydrogen-bond acceptors (Lipinski definition) is 2. The Morgan fingerprint density at radius 1 is 1.04 bits per heavy atom. The molecule has 2 nitrogen and oxygen atoms in total. The molecule has 0 aliphatic heterocycles. The summed E-state index contributed by atoms with van der Waals surface area (Å²) in [5, 5.41) is 0. The summed E-state index contributed by atoms with van der Waals surface area (Å²) in [6.45, 7) is 11.8. The van der Waals surface area contributed by atoms with Gasteiger partial charge in [-0.25, -0.2) is 0 Å². The summed E-state index contributed by atoms with van der Waals surface area (Å²) in [6.07, 6.45) is 1.72. The third kappa shape index (κ3) is 4.49. The van der Waals surface area contributed by atoms with Gasteiger partial charge in [-0.15, -0.1) is 0 Å². The lowest BCUT2D eigenvalue weighted by atomic mass is 10.1. The molecule has 0 aliphatic rings. The number of aryl methyl sites for hydroxylation is 1. The lowest BCUT2D eigenvalue weighted by molar-refractivity contribution is 0.0984. The molecule has 2 aromatic carbocycles. The maximum Gasteiger partial charge on any atom is 0.261 e. The lowest BCUT2D eigenvalue weighted by Gasteiger charge is -2.13. The average molecular weight is 335 g/mol. The molecular weight excluding hydrogens is 314 g/mol. The van der Waals surface area contributed by atoms with Crippen LogP contribution >= 0.6 is 11.9 Å². The van der Waals surface area contributed by atoms with Crippen molar-refractivity contribution in [2.24, 2.45) is 0 Å². The number of amides is 1. The highest BCUT2D eigenvalue weighted by Gasteiger charge is 2.11. The van der Waals surface area contributed by atoms with Crippen LogP contribution in [0.25, 0.3) is 4.91 Å². The number of rotatable bonds is 6. The Morgan fingerprint density at radius 2 is 1.67 bits per heavy atom. The molecule has 0 atom stereocenters. The molecule has 0 aromatic heterocycles. The molecule has 0 saturated heterocycles. The van der Waals surface area contributed by atoms with Crippen LogP contribution in [0.2, 0.25) is 0 Å². The minimum atomic E-state index is -0.120. The van der Waals surface area contributed by atoms with Crippen LogP contribution in [0.3, 0.4) is 0 Å². The van der Waals surface area contributed by atoms with Crippen molar-refractivity contribution < 1.29 is 4.79 Å². The third-order valence-electron chi connectivity index (χ3n) is 3.66. The predicted molar refractivity (Wildman–Crippen MR) is 105 cm³/mol. The molecule has 2 rings (SSSR count). The second kappa shape index (κ2) is 8.37. The quantitative estimate of drug-likeness (QED) is 0.554. The summed E-state index contributed by atoms with van der Waals surface area (Å²) < 4.78 is 2.92. The monoisotopic (exact) mass is 335 g/mol. The number of hydrogen-bond donors (Lipinski definition) is 1. The van der Waals surface area contributed by atoms with Crippen LogP contribution in [-0.4, -0.2) is 5.91 Å². The molecule has 0 unspecified atom stereocenters. The van der Waals surface area contributed by atoms with E-state index in [9.17, 15) is 4.79 Å². The van der Waals surface area contributed by atoms with Gasteiger partial charge in [-0.05, 0) is 54.6 Å². The predicted octanol–water partition coefficient (Wildman–Crippen LogP) is 5.55. The van der Waals surface area contributed by atoms with Gasteiger partial charge in [-0.1, -0.05) is 67.3 Å². The molecule has 1 N–H and O–H groups in total. The number of benzene rings is 2. The van der Waals surface area contributed by atoms with Gasteiger partial charge in [0.25, 0.3) is 5.91 Å². The van der Waals surface area contributed by atoms with Crippen molar-refractivity contribution in [1.29, 1.82) is 0 Å². The van der Waals surface area contributed by atoms with Gasteiger partial charge in [-0.2, -0.15) is 0 Å². The van der Waals surface area contributed by atoms with Crippen LogP contribution in [0.5, 0.6) is 0 Å². The van der Waals surface area contributed by atoms with Crippen LogP contribution in [0.4, 0.5) is 0 Å². The normalized spacial score (nSPS) is 11.4. The highest BCUT2D eigenvalue weighted by molar-refractivity contribution is 8.07. The molecule has 122 valence electrons. The highest BCUT2D eigenvalue weighted by atomic mass is 32.2. The molecule has 0 saturated carbocycles. The Bertz CT molecular complexity index is 773. The van der Waals surface area contributed by atoms with Gasteiger partial charge >= 0.3 is 0 Å². The Kier molecular flexibility index (Phi) is 6.21. The smallest absolute Gasteiger partial charge is 0.261 e. The van der Waals surface area contributed by atoms with Gasteiger partial charge in [0.05, 0.1) is 0 Å². The van der Waals surface area contributed by atoms with E-state index in [1.54, 1.807) is 6.08 Å². The van der Waals surface area contributed by atoms with Gasteiger partial charge in [0.15, 0.2) is 0 Å². The highest BCUT2D eigenvalue weighted by Crippen LogP contribution is 2.31. The third-order valence-corrected chi connectivity index (χ3v) is 4.70. The van der Waals surface area contributed by atoms with Crippen molar-refractivity contribution in [1.82, 2.24) is 4.72 Å². The summed E-state index contributed by atoms with van der Waals surface area (Å²) >= 11 is 1.31.